The summed E-state index contributed by atoms with van der Waals surface area (Å²) in [5.74, 6) is 0.524. The number of carbonyl (C=O) groups is 1. The summed E-state index contributed by atoms with van der Waals surface area (Å²) < 4.78 is 6.18. The minimum Gasteiger partial charge on any atom is -0.343 e. The fourth-order valence-electron chi connectivity index (χ4n) is 3.91. The van der Waals surface area contributed by atoms with Gasteiger partial charge in [0.25, 0.3) is 5.91 Å². The maximum atomic E-state index is 12.1. The summed E-state index contributed by atoms with van der Waals surface area (Å²) in [4.78, 5) is 12.1. The van der Waals surface area contributed by atoms with E-state index in [1.807, 2.05) is 0 Å². The van der Waals surface area contributed by atoms with E-state index in [4.69, 9.17) is 4.74 Å². The largest absolute Gasteiger partial charge is 0.343 e. The molecule has 2 heterocycles. The third-order valence-corrected chi connectivity index (χ3v) is 3.83. The van der Waals surface area contributed by atoms with Crippen LogP contribution in [0.5, 0.6) is 0 Å². The van der Waals surface area contributed by atoms with Crippen molar-refractivity contribution in [2.45, 2.75) is 83.7 Å². The van der Waals surface area contributed by atoms with Crippen molar-refractivity contribution in [1.82, 2.24) is 10.6 Å². The highest BCUT2D eigenvalue weighted by atomic mass is 16.5. The number of ether oxygens (including phenoxy) is 1. The van der Waals surface area contributed by atoms with Crippen molar-refractivity contribution in [3.8, 4) is 0 Å². The molecule has 2 aliphatic heterocycles. The second kappa shape index (κ2) is 4.45. The van der Waals surface area contributed by atoms with Gasteiger partial charge in [0.05, 0.1) is 0 Å². The molecule has 0 radical (unpaired) electrons. The molecular weight excluding hydrogens is 240 g/mol. The average Bonchev–Trinajstić information content (AvgIpc) is 2.33. The Kier molecular flexibility index (Phi) is 3.47. The Hall–Kier alpha value is -0.610. The van der Waals surface area contributed by atoms with Crippen LogP contribution in [-0.2, 0) is 9.53 Å². The second-order valence-corrected chi connectivity index (χ2v) is 7.97. The molecule has 2 fully saturated rings. The van der Waals surface area contributed by atoms with E-state index in [0.29, 0.717) is 5.92 Å². The lowest BCUT2D eigenvalue weighted by Crippen LogP contribution is -2.66. The molecule has 2 saturated heterocycles. The molecule has 0 aromatic heterocycles. The summed E-state index contributed by atoms with van der Waals surface area (Å²) in [6, 6.07) is 0. The first kappa shape index (κ1) is 14.8. The van der Waals surface area contributed by atoms with E-state index in [1.54, 1.807) is 0 Å². The monoisotopic (exact) mass is 268 g/mol. The van der Waals surface area contributed by atoms with Crippen LogP contribution in [0, 0.1) is 5.92 Å². The molecule has 0 aromatic rings. The zero-order chi connectivity index (χ0) is 14.5. The van der Waals surface area contributed by atoms with Gasteiger partial charge in [-0.1, -0.05) is 13.8 Å². The Bertz CT molecular complexity index is 358. The third-order valence-electron chi connectivity index (χ3n) is 3.83. The third kappa shape index (κ3) is 3.29. The van der Waals surface area contributed by atoms with Crippen molar-refractivity contribution in [1.29, 1.82) is 0 Å². The standard InChI is InChI=1S/C15H28N2O2/c1-10(2)7-11-12(18)16-15(19-11)8-13(3,4)17-14(5,6)9-15/h10-11,17H,7-9H2,1-6H3,(H,16,18). The van der Waals surface area contributed by atoms with E-state index in [0.717, 1.165) is 19.3 Å². The van der Waals surface area contributed by atoms with Gasteiger partial charge >= 0.3 is 0 Å². The van der Waals surface area contributed by atoms with Gasteiger partial charge in [0.2, 0.25) is 0 Å². The molecule has 1 spiro atoms. The van der Waals surface area contributed by atoms with E-state index < -0.39 is 5.72 Å². The zero-order valence-corrected chi connectivity index (χ0v) is 13.1. The van der Waals surface area contributed by atoms with Gasteiger partial charge in [-0.2, -0.15) is 0 Å². The van der Waals surface area contributed by atoms with Gasteiger partial charge in [0, 0.05) is 23.9 Å². The van der Waals surface area contributed by atoms with Crippen molar-refractivity contribution < 1.29 is 9.53 Å². The molecule has 2 aliphatic rings. The molecule has 1 unspecified atom stereocenters. The van der Waals surface area contributed by atoms with Gasteiger partial charge in [-0.05, 0) is 40.0 Å². The minimum absolute atomic E-state index is 0.0399. The fraction of sp³-hybridized carbons (Fsp3) is 0.933. The summed E-state index contributed by atoms with van der Waals surface area (Å²) in [5.41, 5.74) is -0.571. The molecule has 2 rings (SSSR count). The first-order valence-electron chi connectivity index (χ1n) is 7.32. The van der Waals surface area contributed by atoms with Crippen molar-refractivity contribution in [2.75, 3.05) is 0 Å². The summed E-state index contributed by atoms with van der Waals surface area (Å²) in [7, 11) is 0. The van der Waals surface area contributed by atoms with Crippen LogP contribution in [-0.4, -0.2) is 28.8 Å². The SMILES string of the molecule is CC(C)CC1OC2(CC(C)(C)NC(C)(C)C2)NC1=O. The maximum Gasteiger partial charge on any atom is 0.251 e. The van der Waals surface area contributed by atoms with Crippen LogP contribution in [0.25, 0.3) is 0 Å². The van der Waals surface area contributed by atoms with Gasteiger partial charge in [-0.15, -0.1) is 0 Å². The number of nitrogens with one attached hydrogen (secondary N) is 2. The molecule has 0 aromatic carbocycles. The first-order valence-corrected chi connectivity index (χ1v) is 7.32. The van der Waals surface area contributed by atoms with E-state index in [2.05, 4.69) is 52.2 Å². The molecular formula is C15H28N2O2. The Morgan fingerprint density at radius 1 is 1.21 bits per heavy atom. The lowest BCUT2D eigenvalue weighted by Gasteiger charge is -2.50. The van der Waals surface area contributed by atoms with Crippen molar-refractivity contribution in [3.05, 3.63) is 0 Å². The molecule has 1 amide bonds. The highest BCUT2D eigenvalue weighted by Gasteiger charge is 2.54. The highest BCUT2D eigenvalue weighted by molar-refractivity contribution is 5.83. The maximum absolute atomic E-state index is 12.1. The Morgan fingerprint density at radius 3 is 2.21 bits per heavy atom. The number of carbonyl (C=O) groups excluding carboxylic acids is 1. The summed E-state index contributed by atoms with van der Waals surface area (Å²) in [5, 5.41) is 6.76. The average molecular weight is 268 g/mol. The number of amides is 1. The number of hydrogen-bond acceptors (Lipinski definition) is 3. The molecule has 1 atom stereocenters. The summed E-state index contributed by atoms with van der Waals surface area (Å²) in [6.45, 7) is 12.9. The molecule has 0 saturated carbocycles. The van der Waals surface area contributed by atoms with Crippen LogP contribution >= 0.6 is 0 Å². The van der Waals surface area contributed by atoms with Gasteiger partial charge in [-0.25, -0.2) is 0 Å². The second-order valence-electron chi connectivity index (χ2n) is 7.97. The Morgan fingerprint density at radius 2 is 1.74 bits per heavy atom. The molecule has 19 heavy (non-hydrogen) atoms. The van der Waals surface area contributed by atoms with Gasteiger partial charge in [-0.3, -0.25) is 4.79 Å². The Balaban J connectivity index is 2.18. The molecule has 0 bridgehead atoms. The first-order chi connectivity index (χ1) is 8.53. The smallest absolute Gasteiger partial charge is 0.251 e. The quantitative estimate of drug-likeness (QED) is 0.807. The topological polar surface area (TPSA) is 50.4 Å². The van der Waals surface area contributed by atoms with Crippen LogP contribution in [0.2, 0.25) is 0 Å². The number of piperidine rings is 1. The van der Waals surface area contributed by atoms with E-state index in [-0.39, 0.29) is 23.1 Å². The van der Waals surface area contributed by atoms with Crippen LogP contribution in [0.3, 0.4) is 0 Å². The lowest BCUT2D eigenvalue weighted by molar-refractivity contribution is -0.128. The van der Waals surface area contributed by atoms with Gasteiger partial charge in [0.15, 0.2) is 0 Å². The summed E-state index contributed by atoms with van der Waals surface area (Å²) >= 11 is 0. The fourth-order valence-corrected chi connectivity index (χ4v) is 3.91. The highest BCUT2D eigenvalue weighted by Crippen LogP contribution is 2.40. The number of hydrogen-bond donors (Lipinski definition) is 2. The van der Waals surface area contributed by atoms with Crippen molar-refractivity contribution in [3.63, 3.8) is 0 Å². The van der Waals surface area contributed by atoms with Crippen LogP contribution < -0.4 is 10.6 Å². The van der Waals surface area contributed by atoms with E-state index >= 15 is 0 Å². The minimum atomic E-state index is -0.491. The zero-order valence-electron chi connectivity index (χ0n) is 13.1. The lowest BCUT2D eigenvalue weighted by atomic mass is 9.77. The molecule has 4 heteroatoms. The molecule has 110 valence electrons. The van der Waals surface area contributed by atoms with E-state index in [1.165, 1.54) is 0 Å². The predicted molar refractivity (Wildman–Crippen MR) is 75.7 cm³/mol. The van der Waals surface area contributed by atoms with Crippen molar-refractivity contribution in [2.24, 2.45) is 5.92 Å². The number of rotatable bonds is 2. The van der Waals surface area contributed by atoms with Gasteiger partial charge in [0.1, 0.15) is 11.8 Å². The van der Waals surface area contributed by atoms with Gasteiger partial charge < -0.3 is 15.4 Å². The normalized spacial score (nSPS) is 31.7. The van der Waals surface area contributed by atoms with Crippen LogP contribution in [0.15, 0.2) is 0 Å². The molecule has 4 nitrogen and oxygen atoms in total. The molecule has 0 aliphatic carbocycles. The predicted octanol–water partition coefficient (Wildman–Crippen LogP) is 2.18. The van der Waals surface area contributed by atoms with Crippen molar-refractivity contribution >= 4 is 5.91 Å². The van der Waals surface area contributed by atoms with E-state index in [9.17, 15) is 4.79 Å². The van der Waals surface area contributed by atoms with Crippen LogP contribution in [0.1, 0.15) is 60.8 Å². The Labute approximate surface area is 116 Å². The molecule has 2 N–H and O–H groups in total. The summed E-state index contributed by atoms with van der Waals surface area (Å²) in [6.07, 6.45) is 2.12. The van der Waals surface area contributed by atoms with Crippen LogP contribution in [0.4, 0.5) is 0 Å².